The van der Waals surface area contributed by atoms with Crippen LogP contribution in [-0.4, -0.2) is 22.0 Å². The fourth-order valence-electron chi connectivity index (χ4n) is 1.48. The van der Waals surface area contributed by atoms with Crippen LogP contribution < -0.4 is 0 Å². The Morgan fingerprint density at radius 3 is 2.40 bits per heavy atom. The Morgan fingerprint density at radius 2 is 2.13 bits per heavy atom. The molecule has 1 fully saturated rings. The van der Waals surface area contributed by atoms with Gasteiger partial charge in [0.25, 0.3) is 0 Å². The maximum atomic E-state index is 10.6. The van der Waals surface area contributed by atoms with Crippen molar-refractivity contribution in [2.45, 2.75) is 38.7 Å². The van der Waals surface area contributed by atoms with Crippen molar-refractivity contribution in [1.82, 2.24) is 4.98 Å². The molecule has 3 nitrogen and oxygen atoms in total. The number of hydrogen-bond donors (Lipinski definition) is 1. The summed E-state index contributed by atoms with van der Waals surface area (Å²) in [6, 6.07) is 3.49. The lowest BCUT2D eigenvalue weighted by Crippen LogP contribution is -1.94. The number of Topliss-reactive ketones (excluding diaryl/α,β-unsaturated/α-hetero) is 1. The number of rotatable bonds is 1. The first-order valence-corrected chi connectivity index (χ1v) is 5.29. The minimum atomic E-state index is 0.0463. The molecule has 1 aliphatic carbocycles. The predicted octanol–water partition coefficient (Wildman–Crippen LogP) is 2.21. The molecule has 1 aliphatic rings. The normalized spacial score (nSPS) is 15.6. The average molecular weight is 207 g/mol. The van der Waals surface area contributed by atoms with Gasteiger partial charge in [-0.1, -0.05) is 12.8 Å². The SMILES string of the molecule is CC(=O)c1cccnc1.OC1CCCC1. The number of carbonyl (C=O) groups is 1. The largest absolute Gasteiger partial charge is 0.393 e. The number of nitrogens with zero attached hydrogens (tertiary/aromatic N) is 1. The molecule has 0 amide bonds. The highest BCUT2D eigenvalue weighted by atomic mass is 16.3. The van der Waals surface area contributed by atoms with E-state index in [0.29, 0.717) is 5.56 Å². The molecular formula is C12H17NO2. The molecule has 0 saturated heterocycles. The second-order valence-electron chi connectivity index (χ2n) is 3.74. The molecule has 15 heavy (non-hydrogen) atoms. The minimum Gasteiger partial charge on any atom is -0.393 e. The zero-order valence-corrected chi connectivity index (χ0v) is 9.02. The lowest BCUT2D eigenvalue weighted by Gasteiger charge is -1.91. The summed E-state index contributed by atoms with van der Waals surface area (Å²) < 4.78 is 0. The van der Waals surface area contributed by atoms with Gasteiger partial charge in [0.2, 0.25) is 0 Å². The van der Waals surface area contributed by atoms with Crippen molar-refractivity contribution in [3.8, 4) is 0 Å². The van der Waals surface area contributed by atoms with Crippen LogP contribution in [0.2, 0.25) is 0 Å². The number of pyridine rings is 1. The van der Waals surface area contributed by atoms with Gasteiger partial charge in [-0.3, -0.25) is 9.78 Å². The van der Waals surface area contributed by atoms with Crippen LogP contribution in [-0.2, 0) is 0 Å². The molecule has 0 aromatic carbocycles. The Balaban J connectivity index is 0.000000162. The summed E-state index contributed by atoms with van der Waals surface area (Å²) in [7, 11) is 0. The van der Waals surface area contributed by atoms with Crippen LogP contribution in [0.1, 0.15) is 43.0 Å². The first-order chi connectivity index (χ1) is 7.20. The Morgan fingerprint density at radius 1 is 1.47 bits per heavy atom. The maximum absolute atomic E-state index is 10.6. The van der Waals surface area contributed by atoms with E-state index in [1.165, 1.54) is 19.8 Å². The van der Waals surface area contributed by atoms with Crippen LogP contribution in [0.5, 0.6) is 0 Å². The van der Waals surface area contributed by atoms with Crippen molar-refractivity contribution in [1.29, 1.82) is 0 Å². The Kier molecular flexibility index (Phi) is 4.98. The number of aromatic nitrogens is 1. The van der Waals surface area contributed by atoms with Crippen LogP contribution in [0.25, 0.3) is 0 Å². The summed E-state index contributed by atoms with van der Waals surface area (Å²) in [5, 5.41) is 8.73. The van der Waals surface area contributed by atoms with Crippen LogP contribution in [0.4, 0.5) is 0 Å². The first kappa shape index (κ1) is 11.9. The van der Waals surface area contributed by atoms with Gasteiger partial charge in [0.15, 0.2) is 5.78 Å². The van der Waals surface area contributed by atoms with E-state index in [-0.39, 0.29) is 11.9 Å². The van der Waals surface area contributed by atoms with Crippen LogP contribution >= 0.6 is 0 Å². The summed E-state index contributed by atoms with van der Waals surface area (Å²) in [5.41, 5.74) is 0.664. The molecule has 0 atom stereocenters. The highest BCUT2D eigenvalue weighted by Gasteiger charge is 2.09. The number of ketones is 1. The topological polar surface area (TPSA) is 50.2 Å². The zero-order valence-electron chi connectivity index (χ0n) is 9.02. The molecule has 0 unspecified atom stereocenters. The van der Waals surface area contributed by atoms with Gasteiger partial charge in [-0.15, -0.1) is 0 Å². The predicted molar refractivity (Wildman–Crippen MR) is 58.7 cm³/mol. The minimum absolute atomic E-state index is 0.0463. The van der Waals surface area contributed by atoms with Crippen LogP contribution in [0, 0.1) is 0 Å². The third-order valence-corrected chi connectivity index (χ3v) is 2.39. The highest BCUT2D eigenvalue weighted by Crippen LogP contribution is 2.16. The van der Waals surface area contributed by atoms with E-state index in [1.54, 1.807) is 24.5 Å². The van der Waals surface area contributed by atoms with Gasteiger partial charge in [0.1, 0.15) is 0 Å². The smallest absolute Gasteiger partial charge is 0.161 e. The van der Waals surface area contributed by atoms with Gasteiger partial charge in [0, 0.05) is 18.0 Å². The summed E-state index contributed by atoms with van der Waals surface area (Å²) in [6.45, 7) is 1.52. The first-order valence-electron chi connectivity index (χ1n) is 5.29. The summed E-state index contributed by atoms with van der Waals surface area (Å²) in [5.74, 6) is 0.0584. The van der Waals surface area contributed by atoms with Gasteiger partial charge >= 0.3 is 0 Å². The third kappa shape index (κ3) is 4.70. The van der Waals surface area contributed by atoms with E-state index in [1.807, 2.05) is 0 Å². The second-order valence-corrected chi connectivity index (χ2v) is 3.74. The fourth-order valence-corrected chi connectivity index (χ4v) is 1.48. The molecule has 0 spiro atoms. The summed E-state index contributed by atoms with van der Waals surface area (Å²) in [6.07, 6.45) is 7.81. The van der Waals surface area contributed by atoms with E-state index in [2.05, 4.69) is 4.98 Å². The quantitative estimate of drug-likeness (QED) is 0.718. The van der Waals surface area contributed by atoms with E-state index >= 15 is 0 Å². The number of aliphatic hydroxyl groups is 1. The molecule has 0 bridgehead atoms. The number of carbonyl (C=O) groups excluding carboxylic acids is 1. The lowest BCUT2D eigenvalue weighted by atomic mass is 10.2. The molecule has 2 rings (SSSR count). The van der Waals surface area contributed by atoms with Crippen molar-refractivity contribution >= 4 is 5.78 Å². The lowest BCUT2D eigenvalue weighted by molar-refractivity contribution is 0.101. The molecule has 1 saturated carbocycles. The van der Waals surface area contributed by atoms with Gasteiger partial charge in [-0.05, 0) is 31.9 Å². The van der Waals surface area contributed by atoms with Crippen molar-refractivity contribution in [3.63, 3.8) is 0 Å². The van der Waals surface area contributed by atoms with E-state index in [4.69, 9.17) is 5.11 Å². The van der Waals surface area contributed by atoms with E-state index < -0.39 is 0 Å². The summed E-state index contributed by atoms with van der Waals surface area (Å²) >= 11 is 0. The van der Waals surface area contributed by atoms with E-state index in [0.717, 1.165) is 12.8 Å². The third-order valence-electron chi connectivity index (χ3n) is 2.39. The van der Waals surface area contributed by atoms with Crippen LogP contribution in [0.15, 0.2) is 24.5 Å². The van der Waals surface area contributed by atoms with Crippen molar-refractivity contribution in [2.75, 3.05) is 0 Å². The molecular weight excluding hydrogens is 190 g/mol. The highest BCUT2D eigenvalue weighted by molar-refractivity contribution is 5.93. The average Bonchev–Trinajstić information content (AvgIpc) is 2.71. The van der Waals surface area contributed by atoms with Gasteiger partial charge < -0.3 is 5.11 Å². The Labute approximate surface area is 90.2 Å². The number of hydrogen-bond acceptors (Lipinski definition) is 3. The van der Waals surface area contributed by atoms with Gasteiger partial charge in [-0.2, -0.15) is 0 Å². The number of aliphatic hydroxyl groups excluding tert-OH is 1. The molecule has 82 valence electrons. The van der Waals surface area contributed by atoms with Gasteiger partial charge in [-0.25, -0.2) is 0 Å². The van der Waals surface area contributed by atoms with Crippen molar-refractivity contribution in [3.05, 3.63) is 30.1 Å². The maximum Gasteiger partial charge on any atom is 0.161 e. The molecule has 0 aliphatic heterocycles. The van der Waals surface area contributed by atoms with Crippen molar-refractivity contribution < 1.29 is 9.90 Å². The van der Waals surface area contributed by atoms with Crippen molar-refractivity contribution in [2.24, 2.45) is 0 Å². The standard InChI is InChI=1S/C7H7NO.C5H10O/c1-6(9)7-3-2-4-8-5-7;6-5-3-1-2-4-5/h2-5H,1H3;5-6H,1-4H2. The molecule has 1 aromatic rings. The molecule has 1 heterocycles. The molecule has 1 aromatic heterocycles. The summed E-state index contributed by atoms with van der Waals surface area (Å²) in [4.78, 5) is 14.4. The van der Waals surface area contributed by atoms with Gasteiger partial charge in [0.05, 0.1) is 6.10 Å². The second kappa shape index (κ2) is 6.30. The zero-order chi connectivity index (χ0) is 11.1. The van der Waals surface area contributed by atoms with Crippen LogP contribution in [0.3, 0.4) is 0 Å². The monoisotopic (exact) mass is 207 g/mol. The molecule has 1 N–H and O–H groups in total. The Hall–Kier alpha value is -1.22. The fraction of sp³-hybridized carbons (Fsp3) is 0.500. The molecule has 3 heteroatoms. The Bertz CT molecular complexity index is 292. The van der Waals surface area contributed by atoms with E-state index in [9.17, 15) is 4.79 Å². The molecule has 0 radical (unpaired) electrons.